The molecular weight excluding hydrogens is 456 g/mol. The molecule has 1 fully saturated rings. The van der Waals surface area contributed by atoms with Crippen molar-refractivity contribution in [2.24, 2.45) is 5.92 Å². The van der Waals surface area contributed by atoms with Crippen LogP contribution in [0.5, 0.6) is 11.8 Å². The van der Waals surface area contributed by atoms with Crippen molar-refractivity contribution in [3.63, 3.8) is 0 Å². The molecule has 1 unspecified atom stereocenters. The second kappa shape index (κ2) is 9.29. The van der Waals surface area contributed by atoms with Crippen LogP contribution in [-0.4, -0.2) is 34.2 Å². The summed E-state index contributed by atoms with van der Waals surface area (Å²) in [5.74, 6) is -2.48. The molecule has 0 aliphatic heterocycles. The number of aromatic nitrogens is 3. The van der Waals surface area contributed by atoms with Gasteiger partial charge in [-0.1, -0.05) is 11.6 Å². The van der Waals surface area contributed by atoms with E-state index in [-0.39, 0.29) is 49.7 Å². The highest BCUT2D eigenvalue weighted by Crippen LogP contribution is 2.42. The molecule has 1 aromatic carbocycles. The summed E-state index contributed by atoms with van der Waals surface area (Å²) in [5, 5.41) is 12.8. The number of hydrogen-bond donors (Lipinski definition) is 2. The van der Waals surface area contributed by atoms with E-state index in [0.717, 1.165) is 0 Å². The van der Waals surface area contributed by atoms with Gasteiger partial charge in [-0.25, -0.2) is 18.7 Å². The third kappa shape index (κ3) is 5.38. The Morgan fingerprint density at radius 3 is 2.70 bits per heavy atom. The smallest absolute Gasteiger partial charge is 0.317 e. The van der Waals surface area contributed by atoms with Gasteiger partial charge >= 0.3 is 6.01 Å². The maximum Gasteiger partial charge on any atom is 0.317 e. The monoisotopic (exact) mass is 475 g/mol. The molecule has 11 heteroatoms. The van der Waals surface area contributed by atoms with Gasteiger partial charge in [0, 0.05) is 41.8 Å². The lowest BCUT2D eigenvalue weighted by Crippen LogP contribution is -2.38. The average molecular weight is 476 g/mol. The molecule has 8 nitrogen and oxygen atoms in total. The maximum atomic E-state index is 13.0. The first-order chi connectivity index (χ1) is 15.7. The van der Waals surface area contributed by atoms with Gasteiger partial charge in [0.1, 0.15) is 18.5 Å². The van der Waals surface area contributed by atoms with Gasteiger partial charge in [-0.05, 0) is 19.1 Å². The number of hydrogen-bond acceptors (Lipinski definition) is 7. The highest BCUT2D eigenvalue weighted by atomic mass is 35.5. The molecule has 0 radical (unpaired) electrons. The summed E-state index contributed by atoms with van der Waals surface area (Å²) in [6.07, 6.45) is 2.32. The van der Waals surface area contributed by atoms with Crippen molar-refractivity contribution in [3.8, 4) is 17.8 Å². The summed E-state index contributed by atoms with van der Waals surface area (Å²) in [5.41, 5.74) is 1.01. The topological polar surface area (TPSA) is 113 Å². The Balaban J connectivity index is 1.40. The van der Waals surface area contributed by atoms with Crippen molar-refractivity contribution in [1.29, 1.82) is 5.26 Å². The molecule has 0 spiro atoms. The number of fused-ring (bicyclic) bond motifs is 1. The van der Waals surface area contributed by atoms with Crippen molar-refractivity contribution in [3.05, 3.63) is 57.1 Å². The Hall–Kier alpha value is -3.29. The fourth-order valence-corrected chi connectivity index (χ4v) is 3.78. The number of pyridine rings is 1. The summed E-state index contributed by atoms with van der Waals surface area (Å²) >= 11 is 6.31. The summed E-state index contributed by atoms with van der Waals surface area (Å²) in [4.78, 5) is 23.2. The SMILES string of the molecule is CC(NCOc1ncc(C#N)cn1)c1cc2cc(Cl)c(OCC3CC(F)(F)C3)cc2[nH]c1=O. The predicted molar refractivity (Wildman–Crippen MR) is 117 cm³/mol. The second-order valence-electron chi connectivity index (χ2n) is 7.95. The Labute approximate surface area is 192 Å². The normalized spacial score (nSPS) is 16.1. The molecule has 2 N–H and O–H groups in total. The Kier molecular flexibility index (Phi) is 6.44. The van der Waals surface area contributed by atoms with Gasteiger partial charge in [-0.15, -0.1) is 0 Å². The predicted octanol–water partition coefficient (Wildman–Crippen LogP) is 3.95. The molecule has 0 saturated heterocycles. The molecular formula is C22H20ClF2N5O3. The van der Waals surface area contributed by atoms with Crippen molar-refractivity contribution >= 4 is 22.5 Å². The Morgan fingerprint density at radius 1 is 1.30 bits per heavy atom. The molecule has 1 aliphatic rings. The van der Waals surface area contributed by atoms with Crippen LogP contribution in [0, 0.1) is 17.2 Å². The number of aromatic amines is 1. The van der Waals surface area contributed by atoms with Crippen LogP contribution < -0.4 is 20.3 Å². The Morgan fingerprint density at radius 2 is 2.03 bits per heavy atom. The minimum Gasteiger partial charge on any atom is -0.492 e. The molecule has 1 atom stereocenters. The van der Waals surface area contributed by atoms with Crippen LogP contribution in [0.15, 0.2) is 35.4 Å². The minimum atomic E-state index is -2.60. The molecule has 172 valence electrons. The lowest BCUT2D eigenvalue weighted by Gasteiger charge is -2.34. The van der Waals surface area contributed by atoms with E-state index in [1.165, 1.54) is 12.4 Å². The number of rotatable bonds is 8. The quantitative estimate of drug-likeness (QED) is 0.474. The van der Waals surface area contributed by atoms with Crippen molar-refractivity contribution in [2.75, 3.05) is 13.3 Å². The van der Waals surface area contributed by atoms with E-state index in [0.29, 0.717) is 32.8 Å². The van der Waals surface area contributed by atoms with Crippen LogP contribution in [0.1, 0.15) is 36.9 Å². The first-order valence-electron chi connectivity index (χ1n) is 10.2. The van der Waals surface area contributed by atoms with E-state index in [2.05, 4.69) is 20.3 Å². The maximum absolute atomic E-state index is 13.0. The van der Waals surface area contributed by atoms with Crippen LogP contribution in [0.25, 0.3) is 10.9 Å². The fourth-order valence-electron chi connectivity index (χ4n) is 3.56. The zero-order chi connectivity index (χ0) is 23.6. The van der Waals surface area contributed by atoms with Crippen molar-refractivity contribution in [1.82, 2.24) is 20.3 Å². The van der Waals surface area contributed by atoms with Crippen LogP contribution in [0.2, 0.25) is 5.02 Å². The van der Waals surface area contributed by atoms with E-state index in [1.807, 2.05) is 6.07 Å². The standard InChI is InChI=1S/C22H20ClF2N5O3/c1-12(29-11-33-21-27-8-14(7-26)9-28-21)16-2-15-3-17(23)19(4-18(15)30-20(16)31)32-10-13-5-22(24,25)6-13/h2-4,8-9,12-13,29H,5-6,10-11H2,1H3,(H,30,31). The van der Waals surface area contributed by atoms with Gasteiger partial charge < -0.3 is 14.5 Å². The summed E-state index contributed by atoms with van der Waals surface area (Å²) < 4.78 is 37.0. The summed E-state index contributed by atoms with van der Waals surface area (Å²) in [6.45, 7) is 1.98. The van der Waals surface area contributed by atoms with Crippen molar-refractivity contribution in [2.45, 2.75) is 31.7 Å². The van der Waals surface area contributed by atoms with Crippen LogP contribution in [-0.2, 0) is 0 Å². The van der Waals surface area contributed by atoms with E-state index in [1.54, 1.807) is 25.1 Å². The third-order valence-electron chi connectivity index (χ3n) is 5.39. The summed E-state index contributed by atoms with van der Waals surface area (Å²) in [7, 11) is 0. The van der Waals surface area contributed by atoms with Crippen LogP contribution in [0.3, 0.4) is 0 Å². The van der Waals surface area contributed by atoms with E-state index >= 15 is 0 Å². The highest BCUT2D eigenvalue weighted by Gasteiger charge is 2.45. The first kappa shape index (κ1) is 22.9. The highest BCUT2D eigenvalue weighted by molar-refractivity contribution is 6.32. The molecule has 3 aromatic rings. The Bertz CT molecular complexity index is 1250. The number of benzene rings is 1. The van der Waals surface area contributed by atoms with Gasteiger partial charge in [0.05, 0.1) is 35.1 Å². The fraction of sp³-hybridized carbons (Fsp3) is 0.364. The third-order valence-corrected chi connectivity index (χ3v) is 5.68. The van der Waals surface area contributed by atoms with E-state index in [4.69, 9.17) is 26.3 Å². The largest absolute Gasteiger partial charge is 0.492 e. The van der Waals surface area contributed by atoms with E-state index < -0.39 is 5.92 Å². The number of ether oxygens (including phenoxy) is 2. The number of nitrogens with one attached hydrogen (secondary N) is 2. The molecule has 0 bridgehead atoms. The molecule has 2 heterocycles. The molecule has 33 heavy (non-hydrogen) atoms. The van der Waals surface area contributed by atoms with Gasteiger partial charge in [-0.2, -0.15) is 5.26 Å². The zero-order valence-electron chi connectivity index (χ0n) is 17.6. The lowest BCUT2D eigenvalue weighted by molar-refractivity contribution is -0.119. The zero-order valence-corrected chi connectivity index (χ0v) is 18.3. The average Bonchev–Trinajstić information content (AvgIpc) is 2.76. The lowest BCUT2D eigenvalue weighted by atomic mass is 9.82. The number of alkyl halides is 2. The molecule has 4 rings (SSSR count). The van der Waals surface area contributed by atoms with Gasteiger partial charge in [0.25, 0.3) is 5.56 Å². The van der Waals surface area contributed by atoms with Crippen molar-refractivity contribution < 1.29 is 18.3 Å². The van der Waals surface area contributed by atoms with Crippen LogP contribution >= 0.6 is 11.6 Å². The number of nitrogens with zero attached hydrogens (tertiary/aromatic N) is 3. The first-order valence-corrected chi connectivity index (χ1v) is 10.6. The van der Waals surface area contributed by atoms with Crippen LogP contribution in [0.4, 0.5) is 8.78 Å². The van der Waals surface area contributed by atoms with Gasteiger partial charge in [0.2, 0.25) is 5.92 Å². The van der Waals surface area contributed by atoms with Gasteiger partial charge in [-0.3, -0.25) is 10.1 Å². The molecule has 1 saturated carbocycles. The summed E-state index contributed by atoms with van der Waals surface area (Å²) in [6, 6.07) is 6.63. The number of nitriles is 1. The molecule has 0 amide bonds. The number of halogens is 3. The number of H-pyrrole nitrogens is 1. The molecule has 1 aliphatic carbocycles. The molecule has 2 aromatic heterocycles. The second-order valence-corrected chi connectivity index (χ2v) is 8.35. The van der Waals surface area contributed by atoms with E-state index in [9.17, 15) is 13.6 Å². The minimum absolute atomic E-state index is 0.0400. The van der Waals surface area contributed by atoms with Gasteiger partial charge in [0.15, 0.2) is 0 Å².